The first kappa shape index (κ1) is 30.4. The SMILES string of the molecule is C=CC(=O)N1CCn2nc(-c3nc(OS(=O)(=O)C(F)(F)F)c4ccsc4c3-c3c(F)cc(F)cc3OCCO)cc2[C@@H]1C. The Morgan fingerprint density at radius 2 is 1.98 bits per heavy atom. The highest BCUT2D eigenvalue weighted by Gasteiger charge is 2.49. The first-order valence-electron chi connectivity index (χ1n) is 12.4. The van der Waals surface area contributed by atoms with E-state index in [0.29, 0.717) is 11.8 Å². The van der Waals surface area contributed by atoms with E-state index in [1.165, 1.54) is 27.1 Å². The van der Waals surface area contributed by atoms with Gasteiger partial charge in [0.15, 0.2) is 0 Å². The Balaban J connectivity index is 1.81. The lowest BCUT2D eigenvalue weighted by molar-refractivity contribution is -0.129. The molecule has 0 saturated heterocycles. The van der Waals surface area contributed by atoms with Crippen LogP contribution in [-0.4, -0.2) is 64.4 Å². The van der Waals surface area contributed by atoms with Crippen LogP contribution in [0.25, 0.3) is 32.6 Å². The molecule has 0 unspecified atom stereocenters. The lowest BCUT2D eigenvalue weighted by Gasteiger charge is -2.33. The lowest BCUT2D eigenvalue weighted by Crippen LogP contribution is -2.40. The van der Waals surface area contributed by atoms with Crippen molar-refractivity contribution in [1.29, 1.82) is 0 Å². The lowest BCUT2D eigenvalue weighted by atomic mass is 9.98. The van der Waals surface area contributed by atoms with Crippen molar-refractivity contribution in [3.8, 4) is 34.1 Å². The van der Waals surface area contributed by atoms with Crippen LogP contribution in [-0.2, 0) is 21.5 Å². The number of fused-ring (bicyclic) bond motifs is 2. The molecule has 1 aromatic carbocycles. The van der Waals surface area contributed by atoms with Crippen molar-refractivity contribution >= 4 is 37.4 Å². The zero-order valence-electron chi connectivity index (χ0n) is 22.1. The van der Waals surface area contributed by atoms with Gasteiger partial charge in [-0.15, -0.1) is 11.3 Å². The molecule has 0 bridgehead atoms. The Hall–Kier alpha value is -4.09. The normalized spacial score (nSPS) is 15.4. The van der Waals surface area contributed by atoms with Crippen molar-refractivity contribution in [2.45, 2.75) is 25.0 Å². The van der Waals surface area contributed by atoms with E-state index in [4.69, 9.17) is 4.74 Å². The van der Waals surface area contributed by atoms with Gasteiger partial charge in [-0.2, -0.15) is 26.7 Å². The monoisotopic (exact) mass is 644 g/mol. The first-order chi connectivity index (χ1) is 20.3. The van der Waals surface area contributed by atoms with Crippen LogP contribution in [0.1, 0.15) is 18.7 Å². The third kappa shape index (κ3) is 5.43. The molecule has 17 heteroatoms. The molecule has 0 saturated carbocycles. The summed E-state index contributed by atoms with van der Waals surface area (Å²) < 4.78 is 105. The molecule has 5 rings (SSSR count). The summed E-state index contributed by atoms with van der Waals surface area (Å²) in [7, 11) is -6.17. The van der Waals surface area contributed by atoms with Gasteiger partial charge in [-0.1, -0.05) is 6.58 Å². The minimum absolute atomic E-state index is 0.0270. The van der Waals surface area contributed by atoms with Crippen molar-refractivity contribution in [1.82, 2.24) is 19.7 Å². The van der Waals surface area contributed by atoms with Crippen LogP contribution in [0.3, 0.4) is 0 Å². The molecule has 3 aromatic heterocycles. The van der Waals surface area contributed by atoms with Crippen molar-refractivity contribution < 1.29 is 49.2 Å². The Kier molecular flexibility index (Phi) is 7.91. The van der Waals surface area contributed by atoms with Gasteiger partial charge in [0, 0.05) is 24.2 Å². The van der Waals surface area contributed by atoms with Crippen LogP contribution in [0.5, 0.6) is 11.6 Å². The van der Waals surface area contributed by atoms with Gasteiger partial charge in [-0.05, 0) is 30.5 Å². The molecular weight excluding hydrogens is 623 g/mol. The van der Waals surface area contributed by atoms with Gasteiger partial charge in [-0.3, -0.25) is 9.48 Å². The number of pyridine rings is 1. The van der Waals surface area contributed by atoms with Crippen LogP contribution in [0.4, 0.5) is 22.0 Å². The summed E-state index contributed by atoms with van der Waals surface area (Å²) in [4.78, 5) is 18.0. The minimum Gasteiger partial charge on any atom is -0.490 e. The van der Waals surface area contributed by atoms with Crippen LogP contribution in [0.15, 0.2) is 42.3 Å². The number of amides is 1. The largest absolute Gasteiger partial charge is 0.534 e. The maximum atomic E-state index is 15.6. The van der Waals surface area contributed by atoms with E-state index in [9.17, 15) is 35.9 Å². The highest BCUT2D eigenvalue weighted by atomic mass is 32.2. The van der Waals surface area contributed by atoms with E-state index in [1.807, 2.05) is 0 Å². The molecule has 43 heavy (non-hydrogen) atoms. The molecule has 1 N–H and O–H groups in total. The number of ether oxygens (including phenoxy) is 1. The number of carbonyl (C=O) groups is 1. The standard InChI is InChI=1S/C26H21F5N4O6S2/c1-3-20(37)34-5-6-35-18(13(34)2)12-17(33-35)23-22(21-16(28)10-14(27)11-19(21)40-8-7-36)24-15(4-9-42-24)25(32-23)41-43(38,39)26(29,30)31/h3-4,9-13,36H,1,5-8H2,2H3/t13-/m0/s1. The van der Waals surface area contributed by atoms with Gasteiger partial charge in [0.05, 0.1) is 40.5 Å². The molecule has 0 aliphatic carbocycles. The molecule has 1 amide bonds. The Labute approximate surface area is 244 Å². The number of alkyl halides is 3. The van der Waals surface area contributed by atoms with Gasteiger partial charge in [0.1, 0.15) is 35.4 Å². The summed E-state index contributed by atoms with van der Waals surface area (Å²) in [5.41, 5.74) is -6.11. The average molecular weight is 645 g/mol. The zero-order chi connectivity index (χ0) is 31.3. The fraction of sp³-hybridized carbons (Fsp3) is 0.269. The van der Waals surface area contributed by atoms with E-state index >= 15 is 4.39 Å². The molecule has 0 spiro atoms. The second kappa shape index (κ2) is 11.2. The molecule has 1 atom stereocenters. The van der Waals surface area contributed by atoms with Crippen molar-refractivity contribution in [2.75, 3.05) is 19.8 Å². The zero-order valence-corrected chi connectivity index (χ0v) is 23.7. The number of nitrogens with zero attached hydrogens (tertiary/aromatic N) is 4. The Bertz CT molecular complexity index is 1850. The first-order valence-corrected chi connectivity index (χ1v) is 14.7. The van der Waals surface area contributed by atoms with Crippen LogP contribution >= 0.6 is 11.3 Å². The number of halogens is 5. The fourth-order valence-electron chi connectivity index (χ4n) is 4.73. The van der Waals surface area contributed by atoms with Crippen molar-refractivity contribution in [3.63, 3.8) is 0 Å². The van der Waals surface area contributed by atoms with E-state index in [1.54, 1.807) is 6.92 Å². The second-order valence-electron chi connectivity index (χ2n) is 9.21. The molecular formula is C26H21F5N4O6S2. The maximum absolute atomic E-state index is 15.6. The highest BCUT2D eigenvalue weighted by molar-refractivity contribution is 7.88. The number of aliphatic hydroxyl groups excluding tert-OH is 1. The number of hydrogen-bond donors (Lipinski definition) is 1. The second-order valence-corrected chi connectivity index (χ2v) is 11.7. The average Bonchev–Trinajstić information content (AvgIpc) is 3.59. The number of rotatable bonds is 8. The smallest absolute Gasteiger partial charge is 0.490 e. The maximum Gasteiger partial charge on any atom is 0.534 e. The van der Waals surface area contributed by atoms with Crippen LogP contribution in [0, 0.1) is 11.6 Å². The molecule has 0 radical (unpaired) electrons. The molecule has 0 fully saturated rings. The summed E-state index contributed by atoms with van der Waals surface area (Å²) in [5.74, 6) is -3.81. The van der Waals surface area contributed by atoms with Gasteiger partial charge in [0.2, 0.25) is 11.8 Å². The van der Waals surface area contributed by atoms with E-state index < -0.39 is 45.8 Å². The summed E-state index contributed by atoms with van der Waals surface area (Å²) in [6, 6.07) is 3.57. The third-order valence-electron chi connectivity index (χ3n) is 6.62. The van der Waals surface area contributed by atoms with E-state index in [2.05, 4.69) is 20.8 Å². The summed E-state index contributed by atoms with van der Waals surface area (Å²) >= 11 is 0.893. The van der Waals surface area contributed by atoms with Gasteiger partial charge < -0.3 is 18.9 Å². The summed E-state index contributed by atoms with van der Waals surface area (Å²) in [6.45, 7) is 4.78. The van der Waals surface area contributed by atoms with Crippen LogP contribution in [0.2, 0.25) is 0 Å². The summed E-state index contributed by atoms with van der Waals surface area (Å²) in [6.07, 6.45) is 1.14. The topological polar surface area (TPSA) is 124 Å². The summed E-state index contributed by atoms with van der Waals surface area (Å²) in [5, 5.41) is 14.9. The third-order valence-corrected chi connectivity index (χ3v) is 8.50. The van der Waals surface area contributed by atoms with E-state index in [-0.39, 0.29) is 64.0 Å². The molecule has 4 aromatic rings. The number of hydrogen-bond acceptors (Lipinski definition) is 9. The number of aromatic nitrogens is 3. The Morgan fingerprint density at radius 1 is 1.23 bits per heavy atom. The van der Waals surface area contributed by atoms with Crippen molar-refractivity contribution in [2.24, 2.45) is 0 Å². The molecule has 10 nitrogen and oxygen atoms in total. The number of aliphatic hydroxyl groups is 1. The minimum atomic E-state index is -6.17. The van der Waals surface area contributed by atoms with Crippen LogP contribution < -0.4 is 8.92 Å². The predicted molar refractivity (Wildman–Crippen MR) is 145 cm³/mol. The highest BCUT2D eigenvalue weighted by Crippen LogP contribution is 2.47. The fourth-order valence-corrected chi connectivity index (χ4v) is 6.10. The number of thiophene rings is 1. The number of benzene rings is 1. The van der Waals surface area contributed by atoms with E-state index in [0.717, 1.165) is 23.5 Å². The number of carbonyl (C=O) groups excluding carboxylic acids is 1. The quantitative estimate of drug-likeness (QED) is 0.126. The van der Waals surface area contributed by atoms with Gasteiger partial charge in [0.25, 0.3) is 0 Å². The van der Waals surface area contributed by atoms with Gasteiger partial charge >= 0.3 is 15.6 Å². The molecule has 1 aliphatic heterocycles. The Morgan fingerprint density at radius 3 is 2.65 bits per heavy atom. The predicted octanol–water partition coefficient (Wildman–Crippen LogP) is 4.79. The molecule has 1 aliphatic rings. The molecule has 4 heterocycles. The molecule has 228 valence electrons. The van der Waals surface area contributed by atoms with Gasteiger partial charge in [-0.25, -0.2) is 13.8 Å². The van der Waals surface area contributed by atoms with Crippen molar-refractivity contribution in [3.05, 3.63) is 59.6 Å².